The number of anilines is 2. The summed E-state index contributed by atoms with van der Waals surface area (Å²) in [6.07, 6.45) is -0.475. The molecular formula is C22H28N4O5. The van der Waals surface area contributed by atoms with Gasteiger partial charge in [-0.3, -0.25) is 10.2 Å². The Balaban J connectivity index is 1.74. The predicted octanol–water partition coefficient (Wildman–Crippen LogP) is 3.43. The van der Waals surface area contributed by atoms with Crippen molar-refractivity contribution in [3.05, 3.63) is 60.2 Å². The number of hydrogen-bond donors (Lipinski definition) is 3. The average molecular weight is 428 g/mol. The second-order valence-corrected chi connectivity index (χ2v) is 7.59. The maximum absolute atomic E-state index is 11.8. The highest BCUT2D eigenvalue weighted by Crippen LogP contribution is 2.16. The van der Waals surface area contributed by atoms with Crippen LogP contribution in [0.15, 0.2) is 54.6 Å². The lowest BCUT2D eigenvalue weighted by atomic mass is 10.2. The molecule has 9 nitrogen and oxygen atoms in total. The zero-order valence-electron chi connectivity index (χ0n) is 17.9. The number of nitrogens with zero attached hydrogens (tertiary/aromatic N) is 1. The van der Waals surface area contributed by atoms with Gasteiger partial charge in [-0.05, 0) is 50.6 Å². The number of hydrogen-bond acceptors (Lipinski definition) is 6. The molecule has 0 bridgehead atoms. The van der Waals surface area contributed by atoms with Crippen LogP contribution in [0.1, 0.15) is 26.3 Å². The second-order valence-electron chi connectivity index (χ2n) is 7.59. The number of ether oxygens (including phenoxy) is 2. The molecule has 2 aromatic rings. The fourth-order valence-corrected chi connectivity index (χ4v) is 2.46. The van der Waals surface area contributed by atoms with Crippen LogP contribution in [-0.4, -0.2) is 37.3 Å². The van der Waals surface area contributed by atoms with Gasteiger partial charge in [-0.15, -0.1) is 0 Å². The molecule has 0 aliphatic heterocycles. The van der Waals surface area contributed by atoms with Crippen molar-refractivity contribution in [3.63, 3.8) is 0 Å². The van der Waals surface area contributed by atoms with E-state index < -0.39 is 17.8 Å². The summed E-state index contributed by atoms with van der Waals surface area (Å²) in [5, 5.41) is 2.61. The normalized spacial score (nSPS) is 10.5. The molecule has 0 aliphatic rings. The molecule has 0 atom stereocenters. The third kappa shape index (κ3) is 9.07. The summed E-state index contributed by atoms with van der Waals surface area (Å²) >= 11 is 0. The van der Waals surface area contributed by atoms with E-state index in [0.29, 0.717) is 17.8 Å². The minimum absolute atomic E-state index is 0.176. The lowest BCUT2D eigenvalue weighted by molar-refractivity contribution is -0.107. The van der Waals surface area contributed by atoms with E-state index in [-0.39, 0.29) is 19.7 Å². The van der Waals surface area contributed by atoms with Gasteiger partial charge in [0.1, 0.15) is 12.2 Å². The molecule has 2 rings (SSSR count). The number of carbonyl (C=O) groups excluding carboxylic acids is 3. The van der Waals surface area contributed by atoms with Gasteiger partial charge in [0.15, 0.2) is 0 Å². The molecular weight excluding hydrogens is 400 g/mol. The van der Waals surface area contributed by atoms with Crippen molar-refractivity contribution >= 4 is 30.0 Å². The lowest BCUT2D eigenvalue weighted by Crippen LogP contribution is -2.36. The molecule has 3 amide bonds. The van der Waals surface area contributed by atoms with Crippen molar-refractivity contribution in [2.24, 2.45) is 0 Å². The van der Waals surface area contributed by atoms with E-state index in [9.17, 15) is 14.4 Å². The van der Waals surface area contributed by atoms with Gasteiger partial charge >= 0.3 is 12.2 Å². The van der Waals surface area contributed by atoms with Crippen LogP contribution in [-0.2, 0) is 20.9 Å². The Labute approximate surface area is 181 Å². The number of carbonyl (C=O) groups is 3. The Bertz CT molecular complexity index is 850. The quantitative estimate of drug-likeness (QED) is 0.417. The Morgan fingerprint density at radius 3 is 2.29 bits per heavy atom. The standard InChI is InChI=1S/C22H28N4O5/c1-22(2,3)31-21(29)25-24-18-9-11-19(12-10-18)26(16-27)14-13-23-20(28)30-15-17-7-5-4-6-8-17/h4-12,16,24H,13-15H2,1-3H3,(H,23,28)(H,25,29). The average Bonchev–Trinajstić information content (AvgIpc) is 2.74. The Hall–Kier alpha value is -3.75. The Kier molecular flexibility index (Phi) is 8.68. The van der Waals surface area contributed by atoms with Crippen LogP contribution in [0.3, 0.4) is 0 Å². The van der Waals surface area contributed by atoms with Crippen LogP contribution in [0.25, 0.3) is 0 Å². The molecule has 0 spiro atoms. The number of rotatable bonds is 9. The molecule has 0 aliphatic carbocycles. The van der Waals surface area contributed by atoms with Crippen LogP contribution in [0.4, 0.5) is 21.0 Å². The highest BCUT2D eigenvalue weighted by Gasteiger charge is 2.15. The molecule has 0 unspecified atom stereocenters. The minimum atomic E-state index is -0.601. The third-order valence-electron chi connectivity index (χ3n) is 3.87. The van der Waals surface area contributed by atoms with Crippen LogP contribution < -0.4 is 21.1 Å². The van der Waals surface area contributed by atoms with E-state index in [0.717, 1.165) is 5.56 Å². The monoisotopic (exact) mass is 428 g/mol. The summed E-state index contributed by atoms with van der Waals surface area (Å²) in [6, 6.07) is 16.2. The van der Waals surface area contributed by atoms with Gasteiger partial charge in [-0.2, -0.15) is 0 Å². The first-order chi connectivity index (χ1) is 14.8. The molecule has 9 heteroatoms. The molecule has 2 aromatic carbocycles. The number of hydrazine groups is 1. The van der Waals surface area contributed by atoms with E-state index in [1.54, 1.807) is 45.0 Å². The molecule has 0 heterocycles. The van der Waals surface area contributed by atoms with Gasteiger partial charge in [0.2, 0.25) is 6.41 Å². The van der Waals surface area contributed by atoms with Crippen LogP contribution in [0, 0.1) is 0 Å². The largest absolute Gasteiger partial charge is 0.445 e. The highest BCUT2D eigenvalue weighted by atomic mass is 16.6. The first-order valence-corrected chi connectivity index (χ1v) is 9.78. The van der Waals surface area contributed by atoms with Gasteiger partial charge < -0.3 is 19.7 Å². The second kappa shape index (κ2) is 11.4. The number of amides is 3. The van der Waals surface area contributed by atoms with E-state index >= 15 is 0 Å². The third-order valence-corrected chi connectivity index (χ3v) is 3.87. The van der Waals surface area contributed by atoms with E-state index in [1.165, 1.54) is 4.90 Å². The van der Waals surface area contributed by atoms with Crippen LogP contribution in [0.2, 0.25) is 0 Å². The smallest absolute Gasteiger partial charge is 0.426 e. The molecule has 0 saturated heterocycles. The summed E-state index contributed by atoms with van der Waals surface area (Å²) in [4.78, 5) is 36.3. The van der Waals surface area contributed by atoms with Gasteiger partial charge in [-0.25, -0.2) is 15.0 Å². The van der Waals surface area contributed by atoms with Crippen molar-refractivity contribution in [2.75, 3.05) is 23.4 Å². The molecule has 3 N–H and O–H groups in total. The van der Waals surface area contributed by atoms with Gasteiger partial charge in [0.05, 0.1) is 5.69 Å². The van der Waals surface area contributed by atoms with Crippen LogP contribution in [0.5, 0.6) is 0 Å². The van der Waals surface area contributed by atoms with Crippen molar-refractivity contribution in [1.29, 1.82) is 0 Å². The van der Waals surface area contributed by atoms with Gasteiger partial charge in [0, 0.05) is 18.8 Å². The molecule has 0 radical (unpaired) electrons. The summed E-state index contributed by atoms with van der Waals surface area (Å²) in [6.45, 7) is 5.99. The maximum atomic E-state index is 11.8. The van der Waals surface area contributed by atoms with E-state index in [2.05, 4.69) is 16.2 Å². The van der Waals surface area contributed by atoms with Crippen molar-refractivity contribution in [1.82, 2.24) is 10.7 Å². The molecule has 31 heavy (non-hydrogen) atoms. The molecule has 0 aromatic heterocycles. The number of alkyl carbamates (subject to hydrolysis) is 1. The van der Waals surface area contributed by atoms with Gasteiger partial charge in [-0.1, -0.05) is 30.3 Å². The summed E-state index contributed by atoms with van der Waals surface area (Å²) in [5.74, 6) is 0. The Morgan fingerprint density at radius 1 is 1.00 bits per heavy atom. The molecule has 0 saturated carbocycles. The fraction of sp³-hybridized carbons (Fsp3) is 0.318. The summed E-state index contributed by atoms with van der Waals surface area (Å²) in [7, 11) is 0. The Morgan fingerprint density at radius 2 is 1.68 bits per heavy atom. The van der Waals surface area contributed by atoms with E-state index in [4.69, 9.17) is 9.47 Å². The topological polar surface area (TPSA) is 109 Å². The van der Waals surface area contributed by atoms with Crippen LogP contribution >= 0.6 is 0 Å². The van der Waals surface area contributed by atoms with Crippen molar-refractivity contribution in [3.8, 4) is 0 Å². The van der Waals surface area contributed by atoms with Gasteiger partial charge in [0.25, 0.3) is 0 Å². The maximum Gasteiger partial charge on any atom is 0.426 e. The molecule has 0 fully saturated rings. The van der Waals surface area contributed by atoms with E-state index in [1.807, 2.05) is 30.3 Å². The first kappa shape index (κ1) is 23.5. The summed E-state index contributed by atoms with van der Waals surface area (Å²) in [5.41, 5.74) is 6.71. The zero-order chi connectivity index (χ0) is 22.7. The molecule has 166 valence electrons. The van der Waals surface area contributed by atoms with Crippen molar-refractivity contribution in [2.45, 2.75) is 33.0 Å². The fourth-order valence-electron chi connectivity index (χ4n) is 2.46. The van der Waals surface area contributed by atoms with Crippen molar-refractivity contribution < 1.29 is 23.9 Å². The first-order valence-electron chi connectivity index (χ1n) is 9.78. The highest BCUT2D eigenvalue weighted by molar-refractivity contribution is 5.76. The minimum Gasteiger partial charge on any atom is -0.445 e. The zero-order valence-corrected chi connectivity index (χ0v) is 17.9. The predicted molar refractivity (Wildman–Crippen MR) is 117 cm³/mol. The lowest BCUT2D eigenvalue weighted by Gasteiger charge is -2.20. The SMILES string of the molecule is CC(C)(C)OC(=O)NNc1ccc(N(C=O)CCNC(=O)OCc2ccccc2)cc1. The number of nitrogens with one attached hydrogen (secondary N) is 3. The number of benzene rings is 2. The summed E-state index contributed by atoms with van der Waals surface area (Å²) < 4.78 is 10.3.